The van der Waals surface area contributed by atoms with E-state index < -0.39 is 5.97 Å². The van der Waals surface area contributed by atoms with Crippen molar-refractivity contribution in [3.63, 3.8) is 0 Å². The lowest BCUT2D eigenvalue weighted by atomic mass is 10.2. The Morgan fingerprint density at radius 2 is 2.18 bits per heavy atom. The summed E-state index contributed by atoms with van der Waals surface area (Å²) in [7, 11) is 0. The van der Waals surface area contributed by atoms with Crippen molar-refractivity contribution in [3.8, 4) is 5.75 Å². The largest absolute Gasteiger partial charge is 0.482 e. The van der Waals surface area contributed by atoms with Gasteiger partial charge in [0.15, 0.2) is 6.61 Å². The zero-order valence-corrected chi connectivity index (χ0v) is 10.7. The topological polar surface area (TPSA) is 61.5 Å². The molecule has 0 aliphatic carbocycles. The summed E-state index contributed by atoms with van der Waals surface area (Å²) in [6, 6.07) is 5.13. The highest BCUT2D eigenvalue weighted by Gasteiger charge is 2.09. The van der Waals surface area contributed by atoms with E-state index in [1.165, 1.54) is 0 Å². The second-order valence-electron chi connectivity index (χ2n) is 3.78. The molecule has 94 valence electrons. The fourth-order valence-corrected chi connectivity index (χ4v) is 1.43. The number of carbonyl (C=O) groups excluding carboxylic acids is 1. The van der Waals surface area contributed by atoms with Crippen molar-refractivity contribution < 1.29 is 14.3 Å². The minimum Gasteiger partial charge on any atom is -0.482 e. The molecule has 0 aliphatic heterocycles. The van der Waals surface area contributed by atoms with Crippen molar-refractivity contribution >= 4 is 17.6 Å². The summed E-state index contributed by atoms with van der Waals surface area (Å²) >= 11 is 5.84. The summed E-state index contributed by atoms with van der Waals surface area (Å²) in [6.07, 6.45) is -0.153. The Labute approximate surface area is 106 Å². The summed E-state index contributed by atoms with van der Waals surface area (Å²) in [5, 5.41) is 0.537. The number of hydrogen-bond donors (Lipinski definition) is 1. The van der Waals surface area contributed by atoms with Crippen molar-refractivity contribution in [2.75, 3.05) is 6.61 Å². The lowest BCUT2D eigenvalue weighted by Crippen LogP contribution is -2.19. The molecule has 1 aromatic carbocycles. The van der Waals surface area contributed by atoms with E-state index in [9.17, 15) is 4.79 Å². The van der Waals surface area contributed by atoms with Gasteiger partial charge in [-0.2, -0.15) is 0 Å². The van der Waals surface area contributed by atoms with E-state index in [1.54, 1.807) is 32.0 Å². The third-order valence-electron chi connectivity index (χ3n) is 1.96. The van der Waals surface area contributed by atoms with Crippen LogP contribution in [-0.4, -0.2) is 18.7 Å². The van der Waals surface area contributed by atoms with Gasteiger partial charge in [0.1, 0.15) is 5.75 Å². The van der Waals surface area contributed by atoms with Gasteiger partial charge in [-0.05, 0) is 26.0 Å². The lowest BCUT2D eigenvalue weighted by molar-refractivity contribution is -0.149. The van der Waals surface area contributed by atoms with E-state index in [0.717, 1.165) is 5.56 Å². The maximum atomic E-state index is 11.3. The first kappa shape index (κ1) is 13.8. The SMILES string of the molecule is CC(C)OC(=O)COc1cc(Cl)ccc1CN. The van der Waals surface area contributed by atoms with E-state index in [0.29, 0.717) is 17.3 Å². The van der Waals surface area contributed by atoms with Gasteiger partial charge in [-0.15, -0.1) is 0 Å². The summed E-state index contributed by atoms with van der Waals surface area (Å²) in [4.78, 5) is 11.3. The van der Waals surface area contributed by atoms with Crippen LogP contribution < -0.4 is 10.5 Å². The number of rotatable bonds is 5. The van der Waals surface area contributed by atoms with Crippen molar-refractivity contribution in [3.05, 3.63) is 28.8 Å². The molecule has 0 spiro atoms. The molecule has 0 saturated heterocycles. The summed E-state index contributed by atoms with van der Waals surface area (Å²) < 4.78 is 10.3. The number of esters is 1. The summed E-state index contributed by atoms with van der Waals surface area (Å²) in [6.45, 7) is 3.74. The molecule has 2 N–H and O–H groups in total. The van der Waals surface area contributed by atoms with Crippen LogP contribution in [0.1, 0.15) is 19.4 Å². The first-order valence-corrected chi connectivity index (χ1v) is 5.71. The monoisotopic (exact) mass is 257 g/mol. The van der Waals surface area contributed by atoms with Crippen LogP contribution >= 0.6 is 11.6 Å². The molecule has 0 unspecified atom stereocenters. The Hall–Kier alpha value is -1.26. The van der Waals surface area contributed by atoms with E-state index in [-0.39, 0.29) is 12.7 Å². The standard InChI is InChI=1S/C12H16ClNO3/c1-8(2)17-12(15)7-16-11-5-10(13)4-3-9(11)6-14/h3-5,8H,6-7,14H2,1-2H3. The van der Waals surface area contributed by atoms with Gasteiger partial charge in [0, 0.05) is 17.1 Å². The van der Waals surface area contributed by atoms with E-state index in [4.69, 9.17) is 26.8 Å². The molecule has 5 heteroatoms. The molecule has 0 heterocycles. The van der Waals surface area contributed by atoms with Crippen LogP contribution in [-0.2, 0) is 16.1 Å². The zero-order chi connectivity index (χ0) is 12.8. The van der Waals surface area contributed by atoms with Gasteiger partial charge in [0.2, 0.25) is 0 Å². The molecule has 1 aromatic rings. The molecule has 0 radical (unpaired) electrons. The van der Waals surface area contributed by atoms with Gasteiger partial charge < -0.3 is 15.2 Å². The van der Waals surface area contributed by atoms with Gasteiger partial charge in [-0.25, -0.2) is 4.79 Å². The van der Waals surface area contributed by atoms with Crippen LogP contribution in [0.5, 0.6) is 5.75 Å². The zero-order valence-electron chi connectivity index (χ0n) is 9.90. The van der Waals surface area contributed by atoms with Crippen molar-refractivity contribution in [1.29, 1.82) is 0 Å². The minimum absolute atomic E-state index is 0.147. The molecular formula is C12H16ClNO3. The minimum atomic E-state index is -0.414. The predicted octanol–water partition coefficient (Wildman–Crippen LogP) is 2.13. The number of benzene rings is 1. The Bertz CT molecular complexity index is 393. The summed E-state index contributed by atoms with van der Waals surface area (Å²) in [5.74, 6) is 0.101. The van der Waals surface area contributed by atoms with Gasteiger partial charge in [0.05, 0.1) is 6.10 Å². The smallest absolute Gasteiger partial charge is 0.344 e. The Morgan fingerprint density at radius 3 is 2.76 bits per heavy atom. The third-order valence-corrected chi connectivity index (χ3v) is 2.20. The first-order chi connectivity index (χ1) is 8.02. The van der Waals surface area contributed by atoms with E-state index >= 15 is 0 Å². The normalized spacial score (nSPS) is 10.4. The van der Waals surface area contributed by atoms with Crippen molar-refractivity contribution in [2.24, 2.45) is 5.73 Å². The van der Waals surface area contributed by atoms with Crippen molar-refractivity contribution in [1.82, 2.24) is 0 Å². The second-order valence-corrected chi connectivity index (χ2v) is 4.22. The van der Waals surface area contributed by atoms with E-state index in [2.05, 4.69) is 0 Å². The maximum Gasteiger partial charge on any atom is 0.344 e. The Morgan fingerprint density at radius 1 is 1.47 bits per heavy atom. The highest BCUT2D eigenvalue weighted by molar-refractivity contribution is 6.30. The molecule has 4 nitrogen and oxygen atoms in total. The molecule has 0 saturated carbocycles. The summed E-state index contributed by atoms with van der Waals surface area (Å²) in [5.41, 5.74) is 6.35. The van der Waals surface area contributed by atoms with Crippen LogP contribution in [0, 0.1) is 0 Å². The first-order valence-electron chi connectivity index (χ1n) is 5.33. The Balaban J connectivity index is 2.62. The van der Waals surface area contributed by atoms with Crippen molar-refractivity contribution in [2.45, 2.75) is 26.5 Å². The van der Waals surface area contributed by atoms with Crippen LogP contribution in [0.4, 0.5) is 0 Å². The molecule has 0 aromatic heterocycles. The van der Waals surface area contributed by atoms with Crippen LogP contribution in [0.3, 0.4) is 0 Å². The van der Waals surface area contributed by atoms with Gasteiger partial charge in [-0.3, -0.25) is 0 Å². The fraction of sp³-hybridized carbons (Fsp3) is 0.417. The number of hydrogen-bond acceptors (Lipinski definition) is 4. The highest BCUT2D eigenvalue weighted by Crippen LogP contribution is 2.23. The second kappa shape index (κ2) is 6.47. The number of nitrogens with two attached hydrogens (primary N) is 1. The molecule has 0 aliphatic rings. The quantitative estimate of drug-likeness (QED) is 0.821. The maximum absolute atomic E-state index is 11.3. The van der Waals surface area contributed by atoms with Gasteiger partial charge in [-0.1, -0.05) is 17.7 Å². The molecular weight excluding hydrogens is 242 g/mol. The Kier molecular flexibility index (Phi) is 5.25. The molecule has 0 atom stereocenters. The fourth-order valence-electron chi connectivity index (χ4n) is 1.26. The molecule has 0 bridgehead atoms. The molecule has 17 heavy (non-hydrogen) atoms. The van der Waals surface area contributed by atoms with E-state index in [1.807, 2.05) is 0 Å². The average Bonchev–Trinajstić information content (AvgIpc) is 2.25. The lowest BCUT2D eigenvalue weighted by Gasteiger charge is -2.11. The molecule has 1 rings (SSSR count). The molecule has 0 amide bonds. The predicted molar refractivity (Wildman–Crippen MR) is 66.1 cm³/mol. The molecule has 0 fully saturated rings. The van der Waals surface area contributed by atoms with Gasteiger partial charge in [0.25, 0.3) is 0 Å². The third kappa shape index (κ3) is 4.63. The number of ether oxygens (including phenoxy) is 2. The number of carbonyl (C=O) groups is 1. The van der Waals surface area contributed by atoms with Crippen LogP contribution in [0.15, 0.2) is 18.2 Å². The highest BCUT2D eigenvalue weighted by atomic mass is 35.5. The average molecular weight is 258 g/mol. The van der Waals surface area contributed by atoms with Crippen LogP contribution in [0.25, 0.3) is 0 Å². The van der Waals surface area contributed by atoms with Crippen LogP contribution in [0.2, 0.25) is 5.02 Å². The number of halogens is 1. The van der Waals surface area contributed by atoms with Gasteiger partial charge >= 0.3 is 5.97 Å².